The summed E-state index contributed by atoms with van der Waals surface area (Å²) in [5.74, 6) is 0.903. The van der Waals surface area contributed by atoms with E-state index in [1.54, 1.807) is 6.20 Å². The molecule has 0 aromatic carbocycles. The molecule has 1 fully saturated rings. The van der Waals surface area contributed by atoms with Gasteiger partial charge in [0.2, 0.25) is 0 Å². The van der Waals surface area contributed by atoms with Gasteiger partial charge in [0.1, 0.15) is 5.76 Å². The predicted molar refractivity (Wildman–Crippen MR) is 36.4 cm³/mol. The molecule has 1 aromatic heterocycles. The summed E-state index contributed by atoms with van der Waals surface area (Å²) in [6.45, 7) is 0. The molecule has 0 bridgehead atoms. The van der Waals surface area contributed by atoms with Gasteiger partial charge in [-0.3, -0.25) is 0 Å². The smallest absolute Gasteiger partial charge is 0.180 e. The van der Waals surface area contributed by atoms with E-state index >= 15 is 0 Å². The fourth-order valence-electron chi connectivity index (χ4n) is 1.01. The number of hydrogen-bond acceptors (Lipinski definition) is 3. The number of rotatable bonds is 2. The molecule has 1 aromatic rings. The Kier molecular flexibility index (Phi) is 1.08. The highest BCUT2D eigenvalue weighted by atomic mass is 16.3. The van der Waals surface area contributed by atoms with Crippen LogP contribution in [-0.4, -0.2) is 10.5 Å². The molecule has 3 heteroatoms. The highest BCUT2D eigenvalue weighted by Crippen LogP contribution is 2.35. The summed E-state index contributed by atoms with van der Waals surface area (Å²) in [4.78, 5) is 3.81. The average Bonchev–Trinajstić information content (AvgIpc) is 2.47. The van der Waals surface area contributed by atoms with Gasteiger partial charge in [-0.05, 0) is 12.8 Å². The van der Waals surface area contributed by atoms with E-state index in [1.165, 1.54) is 6.39 Å². The maximum atomic E-state index is 5.85. The number of nitrogens with zero attached hydrogens (tertiary/aromatic N) is 1. The lowest BCUT2D eigenvalue weighted by Gasteiger charge is -2.02. The Morgan fingerprint density at radius 2 is 2.50 bits per heavy atom. The monoisotopic (exact) mass is 138 g/mol. The summed E-state index contributed by atoms with van der Waals surface area (Å²) in [7, 11) is 0. The molecule has 2 rings (SSSR count). The van der Waals surface area contributed by atoms with Crippen LogP contribution in [0.4, 0.5) is 0 Å². The standard InChI is InChI=1S/C7H10N2O/c8-7(1-2-7)3-6-4-9-5-10-6/h4-5H,1-3,8H2. The first-order chi connectivity index (χ1) is 4.79. The zero-order valence-electron chi connectivity index (χ0n) is 5.71. The first-order valence-electron chi connectivity index (χ1n) is 3.45. The van der Waals surface area contributed by atoms with Gasteiger partial charge in [0, 0.05) is 12.0 Å². The van der Waals surface area contributed by atoms with Crippen LogP contribution in [0, 0.1) is 0 Å². The Morgan fingerprint density at radius 1 is 1.70 bits per heavy atom. The fourth-order valence-corrected chi connectivity index (χ4v) is 1.01. The van der Waals surface area contributed by atoms with E-state index in [9.17, 15) is 0 Å². The lowest BCUT2D eigenvalue weighted by Crippen LogP contribution is -2.24. The summed E-state index contributed by atoms with van der Waals surface area (Å²) >= 11 is 0. The molecule has 3 nitrogen and oxygen atoms in total. The molecule has 10 heavy (non-hydrogen) atoms. The summed E-state index contributed by atoms with van der Waals surface area (Å²) in [5.41, 5.74) is 5.89. The summed E-state index contributed by atoms with van der Waals surface area (Å²) in [6.07, 6.45) is 6.25. The van der Waals surface area contributed by atoms with Gasteiger partial charge in [-0.15, -0.1) is 0 Å². The van der Waals surface area contributed by atoms with Crippen LogP contribution in [0.15, 0.2) is 17.0 Å². The summed E-state index contributed by atoms with van der Waals surface area (Å²) < 4.78 is 5.06. The number of nitrogens with two attached hydrogens (primary N) is 1. The first kappa shape index (κ1) is 5.92. The minimum absolute atomic E-state index is 0.0412. The molecule has 0 spiro atoms. The molecular formula is C7H10N2O. The lowest BCUT2D eigenvalue weighted by atomic mass is 10.2. The van der Waals surface area contributed by atoms with E-state index in [-0.39, 0.29) is 5.54 Å². The van der Waals surface area contributed by atoms with E-state index in [0.29, 0.717) is 0 Å². The van der Waals surface area contributed by atoms with E-state index in [2.05, 4.69) is 4.98 Å². The number of aromatic nitrogens is 1. The minimum Gasteiger partial charge on any atom is -0.448 e. The van der Waals surface area contributed by atoms with E-state index in [4.69, 9.17) is 10.2 Å². The third-order valence-corrected chi connectivity index (χ3v) is 1.90. The Bertz CT molecular complexity index is 214. The van der Waals surface area contributed by atoms with Gasteiger partial charge >= 0.3 is 0 Å². The van der Waals surface area contributed by atoms with Gasteiger partial charge < -0.3 is 10.2 Å². The van der Waals surface area contributed by atoms with E-state index in [1.807, 2.05) is 0 Å². The van der Waals surface area contributed by atoms with Gasteiger partial charge in [0.15, 0.2) is 6.39 Å². The van der Waals surface area contributed by atoms with Crippen LogP contribution >= 0.6 is 0 Å². The van der Waals surface area contributed by atoms with Crippen molar-refractivity contribution in [3.63, 3.8) is 0 Å². The van der Waals surface area contributed by atoms with Crippen molar-refractivity contribution in [3.8, 4) is 0 Å². The van der Waals surface area contributed by atoms with E-state index in [0.717, 1.165) is 25.0 Å². The van der Waals surface area contributed by atoms with Gasteiger partial charge in [0.05, 0.1) is 6.20 Å². The molecular weight excluding hydrogens is 128 g/mol. The van der Waals surface area contributed by atoms with Crippen LogP contribution < -0.4 is 5.73 Å². The predicted octanol–water partition coefficient (Wildman–Crippen LogP) is 0.708. The molecule has 0 saturated heterocycles. The Hall–Kier alpha value is -0.830. The number of oxazole rings is 1. The molecule has 1 saturated carbocycles. The third kappa shape index (κ3) is 1.04. The van der Waals surface area contributed by atoms with Gasteiger partial charge in [-0.1, -0.05) is 0 Å². The minimum atomic E-state index is 0.0412. The molecule has 1 aliphatic rings. The van der Waals surface area contributed by atoms with Crippen molar-refractivity contribution in [1.82, 2.24) is 4.98 Å². The van der Waals surface area contributed by atoms with Gasteiger partial charge in [-0.2, -0.15) is 0 Å². The Balaban J connectivity index is 2.04. The maximum Gasteiger partial charge on any atom is 0.180 e. The quantitative estimate of drug-likeness (QED) is 0.654. The Labute approximate surface area is 59.2 Å². The van der Waals surface area contributed by atoms with Crippen molar-refractivity contribution in [1.29, 1.82) is 0 Å². The highest BCUT2D eigenvalue weighted by molar-refractivity contribution is 5.07. The molecule has 54 valence electrons. The van der Waals surface area contributed by atoms with Crippen LogP contribution in [0.2, 0.25) is 0 Å². The normalized spacial score (nSPS) is 20.9. The molecule has 0 atom stereocenters. The van der Waals surface area contributed by atoms with Crippen LogP contribution in [-0.2, 0) is 6.42 Å². The zero-order chi connectivity index (χ0) is 7.03. The van der Waals surface area contributed by atoms with Crippen molar-refractivity contribution in [3.05, 3.63) is 18.4 Å². The van der Waals surface area contributed by atoms with Crippen molar-refractivity contribution >= 4 is 0 Å². The first-order valence-corrected chi connectivity index (χ1v) is 3.45. The SMILES string of the molecule is NC1(Cc2cnco2)CC1. The van der Waals surface area contributed by atoms with Crippen LogP contribution in [0.3, 0.4) is 0 Å². The van der Waals surface area contributed by atoms with E-state index < -0.39 is 0 Å². The highest BCUT2D eigenvalue weighted by Gasteiger charge is 2.38. The molecule has 2 N–H and O–H groups in total. The van der Waals surface area contributed by atoms with Gasteiger partial charge in [-0.25, -0.2) is 4.98 Å². The molecule has 0 radical (unpaired) electrons. The molecule has 1 aliphatic carbocycles. The Morgan fingerprint density at radius 3 is 3.00 bits per heavy atom. The maximum absolute atomic E-state index is 5.85. The van der Waals surface area contributed by atoms with Crippen LogP contribution in [0.1, 0.15) is 18.6 Å². The lowest BCUT2D eigenvalue weighted by molar-refractivity contribution is 0.475. The number of hydrogen-bond donors (Lipinski definition) is 1. The van der Waals surface area contributed by atoms with Crippen molar-refractivity contribution in [2.45, 2.75) is 24.8 Å². The molecule has 0 unspecified atom stereocenters. The van der Waals surface area contributed by atoms with Crippen LogP contribution in [0.5, 0.6) is 0 Å². The molecule has 0 aliphatic heterocycles. The third-order valence-electron chi connectivity index (χ3n) is 1.90. The largest absolute Gasteiger partial charge is 0.448 e. The zero-order valence-corrected chi connectivity index (χ0v) is 5.71. The summed E-state index contributed by atoms with van der Waals surface area (Å²) in [5, 5.41) is 0. The molecule has 0 amide bonds. The topological polar surface area (TPSA) is 52.0 Å². The average molecular weight is 138 g/mol. The second-order valence-electron chi connectivity index (χ2n) is 3.01. The van der Waals surface area contributed by atoms with Crippen molar-refractivity contribution < 1.29 is 4.42 Å². The van der Waals surface area contributed by atoms with Crippen molar-refractivity contribution in [2.24, 2.45) is 5.73 Å². The second kappa shape index (κ2) is 1.83. The van der Waals surface area contributed by atoms with Crippen LogP contribution in [0.25, 0.3) is 0 Å². The fraction of sp³-hybridized carbons (Fsp3) is 0.571. The molecule has 1 heterocycles. The van der Waals surface area contributed by atoms with Crippen molar-refractivity contribution in [2.75, 3.05) is 0 Å². The van der Waals surface area contributed by atoms with Gasteiger partial charge in [0.25, 0.3) is 0 Å². The summed E-state index contributed by atoms with van der Waals surface area (Å²) in [6, 6.07) is 0. The second-order valence-corrected chi connectivity index (χ2v) is 3.01.